The maximum Gasteiger partial charge on any atom is 0.322 e. The molecule has 2 aromatic carbocycles. The van der Waals surface area contributed by atoms with Crippen molar-refractivity contribution in [2.45, 2.75) is 51.4 Å². The molecular weight excluding hydrogens is 360 g/mol. The number of urea groups is 1. The first-order valence-corrected chi connectivity index (χ1v) is 11.0. The van der Waals surface area contributed by atoms with Gasteiger partial charge in [0.05, 0.1) is 12.6 Å². The molecule has 5 heteroatoms. The van der Waals surface area contributed by atoms with Crippen LogP contribution in [0.2, 0.25) is 0 Å². The summed E-state index contributed by atoms with van der Waals surface area (Å²) in [6.07, 6.45) is 3.84. The monoisotopic (exact) mass is 391 g/mol. The Kier molecular flexibility index (Phi) is 4.80. The molecule has 3 aliphatic rings. The van der Waals surface area contributed by atoms with Crippen LogP contribution in [0, 0.1) is 0 Å². The minimum atomic E-state index is -0.0209. The van der Waals surface area contributed by atoms with Crippen LogP contribution in [-0.4, -0.2) is 42.6 Å². The second-order valence-corrected chi connectivity index (χ2v) is 8.89. The molecule has 0 radical (unpaired) electrons. The Balaban J connectivity index is 1.31. The minimum absolute atomic E-state index is 0.0209. The van der Waals surface area contributed by atoms with Crippen LogP contribution in [0.4, 0.5) is 16.2 Å². The van der Waals surface area contributed by atoms with Gasteiger partial charge in [0, 0.05) is 63.3 Å². The Bertz CT molecular complexity index is 865. The number of quaternary nitrogens is 1. The quantitative estimate of drug-likeness (QED) is 0.774. The topological polar surface area (TPSA) is 44.4 Å². The van der Waals surface area contributed by atoms with Crippen LogP contribution in [0.15, 0.2) is 48.5 Å². The molecule has 3 atom stereocenters. The molecule has 2 aromatic rings. The van der Waals surface area contributed by atoms with Gasteiger partial charge in [0.2, 0.25) is 0 Å². The van der Waals surface area contributed by atoms with Gasteiger partial charge >= 0.3 is 6.03 Å². The van der Waals surface area contributed by atoms with E-state index in [0.29, 0.717) is 25.2 Å². The van der Waals surface area contributed by atoms with Gasteiger partial charge in [0.25, 0.3) is 0 Å². The van der Waals surface area contributed by atoms with E-state index in [1.807, 2.05) is 17.0 Å². The van der Waals surface area contributed by atoms with Gasteiger partial charge in [0.15, 0.2) is 0 Å². The number of carbonyl (C=O) groups excluding carboxylic acids is 1. The molecule has 0 aromatic heterocycles. The van der Waals surface area contributed by atoms with Gasteiger partial charge in [0.1, 0.15) is 11.7 Å². The Hall–Kier alpha value is -2.37. The predicted molar refractivity (Wildman–Crippen MR) is 118 cm³/mol. The lowest BCUT2D eigenvalue weighted by Crippen LogP contribution is -2.59. The second-order valence-electron chi connectivity index (χ2n) is 8.89. The molecule has 29 heavy (non-hydrogen) atoms. The van der Waals surface area contributed by atoms with Crippen molar-refractivity contribution >= 4 is 17.4 Å². The molecule has 3 unspecified atom stereocenters. The summed E-state index contributed by atoms with van der Waals surface area (Å²) in [5.41, 5.74) is 4.77. The highest BCUT2D eigenvalue weighted by Gasteiger charge is 2.47. The Morgan fingerprint density at radius 3 is 2.38 bits per heavy atom. The molecule has 0 spiro atoms. The summed E-state index contributed by atoms with van der Waals surface area (Å²) < 4.78 is 1.10. The van der Waals surface area contributed by atoms with Gasteiger partial charge in [-0.05, 0) is 30.2 Å². The van der Waals surface area contributed by atoms with E-state index in [4.69, 9.17) is 0 Å². The molecule has 2 N–H and O–H groups in total. The van der Waals surface area contributed by atoms with Crippen LogP contribution in [0.5, 0.6) is 0 Å². The highest BCUT2D eigenvalue weighted by atomic mass is 16.2. The standard InChI is InChI=1S/C24H30N4O/c1-18-5-4-14-28(18,23-12-13-25-15-23)22-10-8-21(9-11-22)26-24(29)27-16-19-6-2-3-7-20(19)17-27/h2-3,6-11,18,23,25H,4-5,12-17H2,1H3/p+1. The first-order chi connectivity index (χ1) is 14.2. The Morgan fingerprint density at radius 1 is 1.07 bits per heavy atom. The average molecular weight is 392 g/mol. The van der Waals surface area contributed by atoms with E-state index in [-0.39, 0.29) is 6.03 Å². The van der Waals surface area contributed by atoms with Gasteiger partial charge in [-0.25, -0.2) is 4.79 Å². The Morgan fingerprint density at radius 2 is 1.79 bits per heavy atom. The van der Waals surface area contributed by atoms with E-state index in [1.165, 1.54) is 42.6 Å². The third-order valence-corrected chi connectivity index (χ3v) is 7.35. The van der Waals surface area contributed by atoms with Crippen molar-refractivity contribution in [3.8, 4) is 0 Å². The fourth-order valence-corrected chi connectivity index (χ4v) is 5.77. The summed E-state index contributed by atoms with van der Waals surface area (Å²) in [6.45, 7) is 7.25. The molecular formula is C24H31N4O+. The molecule has 0 saturated carbocycles. The van der Waals surface area contributed by atoms with Crippen molar-refractivity contribution in [2.75, 3.05) is 25.0 Å². The van der Waals surface area contributed by atoms with Crippen LogP contribution < -0.4 is 15.1 Å². The summed E-state index contributed by atoms with van der Waals surface area (Å²) in [5.74, 6) is 0. The smallest absolute Gasteiger partial charge is 0.316 e. The third kappa shape index (κ3) is 3.22. The van der Waals surface area contributed by atoms with E-state index in [2.05, 4.69) is 54.0 Å². The van der Waals surface area contributed by atoms with Crippen molar-refractivity contribution in [3.05, 3.63) is 59.7 Å². The normalized spacial score (nSPS) is 28.5. The van der Waals surface area contributed by atoms with E-state index in [0.717, 1.165) is 23.3 Å². The van der Waals surface area contributed by atoms with Gasteiger partial charge in [-0.3, -0.25) is 4.48 Å². The van der Waals surface area contributed by atoms with E-state index >= 15 is 0 Å². The van der Waals surface area contributed by atoms with Gasteiger partial charge in [-0.2, -0.15) is 0 Å². The number of rotatable bonds is 3. The van der Waals surface area contributed by atoms with E-state index < -0.39 is 0 Å². The van der Waals surface area contributed by atoms with Crippen LogP contribution in [0.1, 0.15) is 37.3 Å². The molecule has 5 nitrogen and oxygen atoms in total. The summed E-state index contributed by atoms with van der Waals surface area (Å²) in [6, 6.07) is 18.3. The molecule has 2 amide bonds. The first kappa shape index (κ1) is 18.6. The van der Waals surface area contributed by atoms with Crippen LogP contribution in [-0.2, 0) is 13.1 Å². The number of nitrogens with one attached hydrogen (secondary N) is 2. The number of anilines is 1. The number of benzene rings is 2. The van der Waals surface area contributed by atoms with E-state index in [9.17, 15) is 4.79 Å². The maximum atomic E-state index is 12.8. The zero-order chi connectivity index (χ0) is 19.8. The van der Waals surface area contributed by atoms with Gasteiger partial charge < -0.3 is 15.5 Å². The lowest BCUT2D eigenvalue weighted by molar-refractivity contribution is 0.203. The minimum Gasteiger partial charge on any atom is -0.316 e. The first-order valence-electron chi connectivity index (χ1n) is 11.0. The maximum absolute atomic E-state index is 12.8. The summed E-state index contributed by atoms with van der Waals surface area (Å²) in [4.78, 5) is 14.6. The van der Waals surface area contributed by atoms with Crippen molar-refractivity contribution in [3.63, 3.8) is 0 Å². The number of likely N-dealkylation sites (tertiary alicyclic amines) is 1. The molecule has 3 heterocycles. The average Bonchev–Trinajstić information content (AvgIpc) is 3.48. The number of hydrogen-bond donors (Lipinski definition) is 2. The summed E-state index contributed by atoms with van der Waals surface area (Å²) >= 11 is 0. The largest absolute Gasteiger partial charge is 0.322 e. The van der Waals surface area contributed by atoms with E-state index in [1.54, 1.807) is 0 Å². The fraction of sp³-hybridized carbons (Fsp3) is 0.458. The van der Waals surface area contributed by atoms with Gasteiger partial charge in [-0.15, -0.1) is 0 Å². The van der Waals surface area contributed by atoms with Crippen LogP contribution in [0.25, 0.3) is 0 Å². The summed E-state index contributed by atoms with van der Waals surface area (Å²) in [5, 5.41) is 6.66. The number of fused-ring (bicyclic) bond motifs is 1. The number of nitrogens with zero attached hydrogens (tertiary/aromatic N) is 2. The third-order valence-electron chi connectivity index (χ3n) is 7.35. The Labute approximate surface area is 173 Å². The zero-order valence-corrected chi connectivity index (χ0v) is 17.2. The van der Waals surface area contributed by atoms with Crippen LogP contribution >= 0.6 is 0 Å². The van der Waals surface area contributed by atoms with Crippen molar-refractivity contribution in [2.24, 2.45) is 0 Å². The SMILES string of the molecule is CC1CCC[N+]1(c1ccc(NC(=O)N2Cc3ccccc3C2)cc1)C1CCNC1. The molecule has 2 fully saturated rings. The van der Waals surface area contributed by atoms with Gasteiger partial charge in [-0.1, -0.05) is 24.3 Å². The van der Waals surface area contributed by atoms with Crippen molar-refractivity contribution in [1.29, 1.82) is 0 Å². The lowest BCUT2D eigenvalue weighted by atomic mass is 10.1. The van der Waals surface area contributed by atoms with Crippen molar-refractivity contribution < 1.29 is 4.79 Å². The molecule has 2 saturated heterocycles. The molecule has 0 bridgehead atoms. The highest BCUT2D eigenvalue weighted by molar-refractivity contribution is 5.89. The zero-order valence-electron chi connectivity index (χ0n) is 17.2. The predicted octanol–water partition coefficient (Wildman–Crippen LogP) is 4.09. The number of hydrogen-bond acceptors (Lipinski definition) is 2. The highest BCUT2D eigenvalue weighted by Crippen LogP contribution is 2.39. The second kappa shape index (κ2) is 7.47. The molecule has 152 valence electrons. The molecule has 3 aliphatic heterocycles. The fourth-order valence-electron chi connectivity index (χ4n) is 5.77. The summed E-state index contributed by atoms with van der Waals surface area (Å²) in [7, 11) is 0. The number of carbonyl (C=O) groups is 1. The molecule has 5 rings (SSSR count). The number of amides is 2. The van der Waals surface area contributed by atoms with Crippen molar-refractivity contribution in [1.82, 2.24) is 14.7 Å². The lowest BCUT2D eigenvalue weighted by Gasteiger charge is -2.43. The van der Waals surface area contributed by atoms with Crippen LogP contribution in [0.3, 0.4) is 0 Å². The molecule has 0 aliphatic carbocycles.